The standard InChI is InChI=1S/C14H20N4/c1-11(2)13-6-4-12(5-7-13)8-15-9-14-10-18(3)17-16-14/h4-7,10-11,15H,8-9H2,1-3H3. The second-order valence-electron chi connectivity index (χ2n) is 4.88. The smallest absolute Gasteiger partial charge is 0.0964 e. The van der Waals surface area contributed by atoms with E-state index in [1.54, 1.807) is 4.68 Å². The Bertz CT molecular complexity index is 485. The maximum absolute atomic E-state index is 4.03. The number of aryl methyl sites for hydroxylation is 1. The summed E-state index contributed by atoms with van der Waals surface area (Å²) in [6, 6.07) is 8.76. The summed E-state index contributed by atoms with van der Waals surface area (Å²) in [5.74, 6) is 0.589. The SMILES string of the molecule is CC(C)c1ccc(CNCc2cn(C)nn2)cc1. The molecule has 1 aromatic heterocycles. The molecule has 0 saturated heterocycles. The molecule has 4 nitrogen and oxygen atoms in total. The van der Waals surface area contributed by atoms with Crippen LogP contribution in [0.15, 0.2) is 30.5 Å². The Morgan fingerprint density at radius 3 is 2.44 bits per heavy atom. The van der Waals surface area contributed by atoms with Crippen LogP contribution in [0.4, 0.5) is 0 Å². The minimum absolute atomic E-state index is 0.589. The molecule has 2 rings (SSSR count). The molecule has 0 aliphatic carbocycles. The summed E-state index contributed by atoms with van der Waals surface area (Å²) < 4.78 is 1.72. The van der Waals surface area contributed by atoms with Crippen molar-refractivity contribution in [1.29, 1.82) is 0 Å². The highest BCUT2D eigenvalue weighted by Crippen LogP contribution is 2.14. The van der Waals surface area contributed by atoms with Crippen molar-refractivity contribution in [3.05, 3.63) is 47.3 Å². The zero-order valence-corrected chi connectivity index (χ0v) is 11.2. The minimum atomic E-state index is 0.589. The highest BCUT2D eigenvalue weighted by atomic mass is 15.4. The van der Waals surface area contributed by atoms with Gasteiger partial charge in [-0.15, -0.1) is 5.10 Å². The maximum atomic E-state index is 4.03. The Hall–Kier alpha value is -1.68. The van der Waals surface area contributed by atoms with Gasteiger partial charge in [-0.25, -0.2) is 0 Å². The predicted molar refractivity (Wildman–Crippen MR) is 72.1 cm³/mol. The lowest BCUT2D eigenvalue weighted by molar-refractivity contribution is 0.673. The van der Waals surface area contributed by atoms with Crippen LogP contribution in [-0.4, -0.2) is 15.0 Å². The van der Waals surface area contributed by atoms with Gasteiger partial charge in [-0.2, -0.15) is 0 Å². The molecule has 0 unspecified atom stereocenters. The molecule has 0 aliphatic heterocycles. The van der Waals surface area contributed by atoms with Gasteiger partial charge >= 0.3 is 0 Å². The topological polar surface area (TPSA) is 42.7 Å². The van der Waals surface area contributed by atoms with Crippen molar-refractivity contribution < 1.29 is 0 Å². The van der Waals surface area contributed by atoms with Crippen molar-refractivity contribution in [3.63, 3.8) is 0 Å². The van der Waals surface area contributed by atoms with Crippen LogP contribution in [0, 0.1) is 0 Å². The summed E-state index contributed by atoms with van der Waals surface area (Å²) in [5, 5.41) is 11.3. The molecule has 0 amide bonds. The van der Waals surface area contributed by atoms with Crippen LogP contribution in [-0.2, 0) is 20.1 Å². The quantitative estimate of drug-likeness (QED) is 0.877. The number of aromatic nitrogens is 3. The largest absolute Gasteiger partial charge is 0.307 e. The third-order valence-corrected chi connectivity index (χ3v) is 2.93. The van der Waals surface area contributed by atoms with Gasteiger partial charge in [0.05, 0.1) is 5.69 Å². The zero-order chi connectivity index (χ0) is 13.0. The Kier molecular flexibility index (Phi) is 4.10. The second-order valence-corrected chi connectivity index (χ2v) is 4.88. The van der Waals surface area contributed by atoms with Crippen LogP contribution >= 0.6 is 0 Å². The molecule has 2 aromatic rings. The molecule has 0 bridgehead atoms. The normalized spacial score (nSPS) is 11.1. The van der Waals surface area contributed by atoms with Crippen LogP contribution < -0.4 is 5.32 Å². The first-order valence-electron chi connectivity index (χ1n) is 6.30. The summed E-state index contributed by atoms with van der Waals surface area (Å²) in [6.45, 7) is 6.03. The van der Waals surface area contributed by atoms with E-state index in [9.17, 15) is 0 Å². The fraction of sp³-hybridized carbons (Fsp3) is 0.429. The first kappa shape index (κ1) is 12.8. The van der Waals surface area contributed by atoms with Crippen molar-refractivity contribution in [2.24, 2.45) is 7.05 Å². The zero-order valence-electron chi connectivity index (χ0n) is 11.2. The summed E-state index contributed by atoms with van der Waals surface area (Å²) in [6.07, 6.45) is 1.93. The first-order valence-corrected chi connectivity index (χ1v) is 6.30. The van der Waals surface area contributed by atoms with Gasteiger partial charge in [0.25, 0.3) is 0 Å². The monoisotopic (exact) mass is 244 g/mol. The fourth-order valence-electron chi connectivity index (χ4n) is 1.83. The molecule has 0 fully saturated rings. The van der Waals surface area contributed by atoms with Crippen molar-refractivity contribution in [2.75, 3.05) is 0 Å². The summed E-state index contributed by atoms with van der Waals surface area (Å²) >= 11 is 0. The van der Waals surface area contributed by atoms with Crippen LogP contribution in [0.3, 0.4) is 0 Å². The van der Waals surface area contributed by atoms with E-state index >= 15 is 0 Å². The Morgan fingerprint density at radius 1 is 1.17 bits per heavy atom. The molecule has 1 aromatic carbocycles. The molecule has 0 radical (unpaired) electrons. The van der Waals surface area contributed by atoms with Gasteiger partial charge in [-0.3, -0.25) is 4.68 Å². The lowest BCUT2D eigenvalue weighted by atomic mass is 10.0. The number of nitrogens with one attached hydrogen (secondary N) is 1. The van der Waals surface area contributed by atoms with Crippen molar-refractivity contribution in [3.8, 4) is 0 Å². The average molecular weight is 244 g/mol. The van der Waals surface area contributed by atoms with Crippen molar-refractivity contribution in [1.82, 2.24) is 20.3 Å². The highest BCUT2D eigenvalue weighted by molar-refractivity contribution is 5.24. The number of hydrogen-bond donors (Lipinski definition) is 1. The van der Waals surface area contributed by atoms with E-state index < -0.39 is 0 Å². The molecule has 4 heteroatoms. The molecule has 0 saturated carbocycles. The van der Waals surface area contributed by atoms with Gasteiger partial charge in [0.2, 0.25) is 0 Å². The van der Waals surface area contributed by atoms with Crippen molar-refractivity contribution in [2.45, 2.75) is 32.9 Å². The third-order valence-electron chi connectivity index (χ3n) is 2.93. The second kappa shape index (κ2) is 5.78. The van der Waals surface area contributed by atoms with E-state index in [1.165, 1.54) is 11.1 Å². The maximum Gasteiger partial charge on any atom is 0.0964 e. The van der Waals surface area contributed by atoms with E-state index in [2.05, 4.69) is 53.7 Å². The van der Waals surface area contributed by atoms with Gasteiger partial charge in [-0.05, 0) is 17.0 Å². The van der Waals surface area contributed by atoms with Gasteiger partial charge in [0, 0.05) is 26.3 Å². The van der Waals surface area contributed by atoms with Gasteiger partial charge in [-0.1, -0.05) is 43.3 Å². The van der Waals surface area contributed by atoms with Gasteiger partial charge in [0.1, 0.15) is 0 Å². The lowest BCUT2D eigenvalue weighted by Gasteiger charge is -2.07. The molecule has 96 valence electrons. The summed E-state index contributed by atoms with van der Waals surface area (Å²) in [4.78, 5) is 0. The molecule has 18 heavy (non-hydrogen) atoms. The average Bonchev–Trinajstić information content (AvgIpc) is 2.76. The van der Waals surface area contributed by atoms with E-state index in [0.717, 1.165) is 18.8 Å². The van der Waals surface area contributed by atoms with Gasteiger partial charge < -0.3 is 5.32 Å². The number of rotatable bonds is 5. The first-order chi connectivity index (χ1) is 8.65. The number of hydrogen-bond acceptors (Lipinski definition) is 3. The Balaban J connectivity index is 1.83. The summed E-state index contributed by atoms with van der Waals surface area (Å²) in [5.41, 5.74) is 3.65. The minimum Gasteiger partial charge on any atom is -0.307 e. The molecule has 0 aliphatic rings. The molecule has 1 N–H and O–H groups in total. The van der Waals surface area contributed by atoms with E-state index in [4.69, 9.17) is 0 Å². The predicted octanol–water partition coefficient (Wildman–Crippen LogP) is 2.23. The van der Waals surface area contributed by atoms with Crippen LogP contribution in [0.1, 0.15) is 36.6 Å². The van der Waals surface area contributed by atoms with Crippen LogP contribution in [0.5, 0.6) is 0 Å². The van der Waals surface area contributed by atoms with Crippen molar-refractivity contribution >= 4 is 0 Å². The summed E-state index contributed by atoms with van der Waals surface area (Å²) in [7, 11) is 1.88. The Labute approximate surface area is 108 Å². The fourth-order valence-corrected chi connectivity index (χ4v) is 1.83. The van der Waals surface area contributed by atoms with Crippen LogP contribution in [0.2, 0.25) is 0 Å². The van der Waals surface area contributed by atoms with E-state index in [0.29, 0.717) is 5.92 Å². The molecule has 1 heterocycles. The lowest BCUT2D eigenvalue weighted by Crippen LogP contribution is -2.13. The Morgan fingerprint density at radius 2 is 1.89 bits per heavy atom. The third kappa shape index (κ3) is 3.40. The number of nitrogens with zero attached hydrogens (tertiary/aromatic N) is 3. The van der Waals surface area contributed by atoms with Crippen LogP contribution in [0.25, 0.3) is 0 Å². The molecule has 0 spiro atoms. The highest BCUT2D eigenvalue weighted by Gasteiger charge is 2.00. The molecular weight excluding hydrogens is 224 g/mol. The molecular formula is C14H20N4. The van der Waals surface area contributed by atoms with E-state index in [1.807, 2.05) is 13.2 Å². The molecule has 0 atom stereocenters. The number of benzene rings is 1. The van der Waals surface area contributed by atoms with Gasteiger partial charge in [0.15, 0.2) is 0 Å². The van der Waals surface area contributed by atoms with E-state index in [-0.39, 0.29) is 0 Å².